The lowest BCUT2D eigenvalue weighted by Crippen LogP contribution is -2.29. The highest BCUT2D eigenvalue weighted by atomic mass is 16.6. The highest BCUT2D eigenvalue weighted by Gasteiger charge is 2.09. The van der Waals surface area contributed by atoms with Gasteiger partial charge in [-0.3, -0.25) is 14.9 Å². The molecule has 1 amide bonds. The van der Waals surface area contributed by atoms with Gasteiger partial charge in [0.1, 0.15) is 0 Å². The molecule has 0 aliphatic heterocycles. The number of nitro benzene ring substituents is 1. The average molecular weight is 249 g/mol. The zero-order chi connectivity index (χ0) is 13.5. The van der Waals surface area contributed by atoms with Crippen molar-refractivity contribution in [1.82, 2.24) is 5.32 Å². The Kier molecular flexibility index (Phi) is 4.86. The highest BCUT2D eigenvalue weighted by Crippen LogP contribution is 2.21. The summed E-state index contributed by atoms with van der Waals surface area (Å²) in [6, 6.07) is 4.48. The first-order valence-corrected chi connectivity index (χ1v) is 5.41. The van der Waals surface area contributed by atoms with Crippen LogP contribution < -0.4 is 10.6 Å². The van der Waals surface area contributed by atoms with E-state index in [1.165, 1.54) is 12.1 Å². The topological polar surface area (TPSA) is 84.3 Å². The third-order valence-electron chi connectivity index (χ3n) is 2.31. The molecule has 6 heteroatoms. The van der Waals surface area contributed by atoms with E-state index in [0.29, 0.717) is 12.2 Å². The Morgan fingerprint density at radius 2 is 2.28 bits per heavy atom. The van der Waals surface area contributed by atoms with Crippen molar-refractivity contribution < 1.29 is 9.72 Å². The Labute approximate surface area is 105 Å². The number of non-ortho nitro benzene ring substituents is 1. The zero-order valence-corrected chi connectivity index (χ0v) is 10.1. The number of nitrogens with zero attached hydrogens (tertiary/aromatic N) is 1. The van der Waals surface area contributed by atoms with E-state index in [-0.39, 0.29) is 18.1 Å². The smallest absolute Gasteiger partial charge is 0.271 e. The van der Waals surface area contributed by atoms with Gasteiger partial charge in [-0.2, -0.15) is 0 Å². The van der Waals surface area contributed by atoms with E-state index in [4.69, 9.17) is 0 Å². The molecule has 0 saturated carbocycles. The lowest BCUT2D eigenvalue weighted by Gasteiger charge is -2.09. The van der Waals surface area contributed by atoms with Gasteiger partial charge in [-0.05, 0) is 12.5 Å². The van der Waals surface area contributed by atoms with E-state index in [9.17, 15) is 14.9 Å². The normalized spacial score (nSPS) is 9.61. The number of nitrogens with one attached hydrogen (secondary N) is 2. The van der Waals surface area contributed by atoms with Crippen LogP contribution in [0.2, 0.25) is 0 Å². The van der Waals surface area contributed by atoms with Gasteiger partial charge in [0.15, 0.2) is 0 Å². The van der Waals surface area contributed by atoms with Gasteiger partial charge in [0, 0.05) is 24.4 Å². The average Bonchev–Trinajstić information content (AvgIpc) is 2.35. The van der Waals surface area contributed by atoms with Crippen molar-refractivity contribution in [3.63, 3.8) is 0 Å². The SMILES string of the molecule is C=CCNC(=O)CNc1cc([N+](=O)[O-])ccc1C. The summed E-state index contributed by atoms with van der Waals surface area (Å²) >= 11 is 0. The zero-order valence-electron chi connectivity index (χ0n) is 10.1. The third-order valence-corrected chi connectivity index (χ3v) is 2.31. The maximum Gasteiger partial charge on any atom is 0.271 e. The van der Waals surface area contributed by atoms with Gasteiger partial charge >= 0.3 is 0 Å². The molecule has 1 aromatic carbocycles. The predicted molar refractivity (Wildman–Crippen MR) is 69.5 cm³/mol. The van der Waals surface area contributed by atoms with E-state index in [1.54, 1.807) is 12.1 Å². The monoisotopic (exact) mass is 249 g/mol. The molecule has 0 atom stereocenters. The van der Waals surface area contributed by atoms with Crippen LogP contribution in [0.15, 0.2) is 30.9 Å². The van der Waals surface area contributed by atoms with Crippen LogP contribution in [0.25, 0.3) is 0 Å². The summed E-state index contributed by atoms with van der Waals surface area (Å²) < 4.78 is 0. The minimum atomic E-state index is -0.470. The molecule has 1 aromatic rings. The molecule has 96 valence electrons. The van der Waals surface area contributed by atoms with Gasteiger partial charge < -0.3 is 10.6 Å². The molecule has 0 aromatic heterocycles. The van der Waals surface area contributed by atoms with Crippen LogP contribution in [-0.2, 0) is 4.79 Å². The summed E-state index contributed by atoms with van der Waals surface area (Å²) in [5.74, 6) is -0.194. The number of carbonyl (C=O) groups excluding carboxylic acids is 1. The fourth-order valence-corrected chi connectivity index (χ4v) is 1.34. The number of hydrogen-bond donors (Lipinski definition) is 2. The van der Waals surface area contributed by atoms with Gasteiger partial charge in [-0.25, -0.2) is 0 Å². The third kappa shape index (κ3) is 3.89. The van der Waals surface area contributed by atoms with Crippen LogP contribution in [0.3, 0.4) is 0 Å². The lowest BCUT2D eigenvalue weighted by molar-refractivity contribution is -0.384. The van der Waals surface area contributed by atoms with Gasteiger partial charge in [-0.15, -0.1) is 6.58 Å². The molecule has 0 aliphatic rings. The fraction of sp³-hybridized carbons (Fsp3) is 0.250. The number of amides is 1. The predicted octanol–water partition coefficient (Wildman–Crippen LogP) is 1.62. The number of rotatable bonds is 6. The van der Waals surface area contributed by atoms with Gasteiger partial charge in [-0.1, -0.05) is 12.1 Å². The molecular formula is C12H15N3O3. The maximum absolute atomic E-state index is 11.4. The first-order valence-electron chi connectivity index (χ1n) is 5.41. The van der Waals surface area contributed by atoms with Crippen molar-refractivity contribution in [3.8, 4) is 0 Å². The van der Waals surface area contributed by atoms with Gasteiger partial charge in [0.05, 0.1) is 11.5 Å². The Balaban J connectivity index is 2.66. The van der Waals surface area contributed by atoms with Crippen LogP contribution in [0, 0.1) is 17.0 Å². The Morgan fingerprint density at radius 3 is 2.89 bits per heavy atom. The van der Waals surface area contributed by atoms with E-state index in [1.807, 2.05) is 6.92 Å². The second kappa shape index (κ2) is 6.39. The number of nitro groups is 1. The van der Waals surface area contributed by atoms with Crippen LogP contribution in [0.1, 0.15) is 5.56 Å². The molecule has 0 saturated heterocycles. The van der Waals surface area contributed by atoms with Crippen molar-refractivity contribution >= 4 is 17.3 Å². The van der Waals surface area contributed by atoms with E-state index >= 15 is 0 Å². The number of anilines is 1. The summed E-state index contributed by atoms with van der Waals surface area (Å²) in [5, 5.41) is 16.1. The summed E-state index contributed by atoms with van der Waals surface area (Å²) in [4.78, 5) is 21.5. The number of aryl methyl sites for hydroxylation is 1. The molecule has 0 heterocycles. The van der Waals surface area contributed by atoms with E-state index in [2.05, 4.69) is 17.2 Å². The highest BCUT2D eigenvalue weighted by molar-refractivity contribution is 5.81. The molecule has 18 heavy (non-hydrogen) atoms. The minimum Gasteiger partial charge on any atom is -0.376 e. The maximum atomic E-state index is 11.4. The van der Waals surface area contributed by atoms with Crippen LogP contribution in [-0.4, -0.2) is 23.9 Å². The van der Waals surface area contributed by atoms with Crippen molar-refractivity contribution in [3.05, 3.63) is 46.5 Å². The largest absolute Gasteiger partial charge is 0.376 e. The Hall–Kier alpha value is -2.37. The van der Waals surface area contributed by atoms with Crippen LogP contribution in [0.4, 0.5) is 11.4 Å². The quantitative estimate of drug-likeness (QED) is 0.456. The molecule has 0 radical (unpaired) electrons. The molecule has 6 nitrogen and oxygen atoms in total. The molecule has 0 fully saturated rings. The molecule has 0 aliphatic carbocycles. The van der Waals surface area contributed by atoms with Crippen molar-refractivity contribution in [1.29, 1.82) is 0 Å². The Bertz CT molecular complexity index is 472. The van der Waals surface area contributed by atoms with Gasteiger partial charge in [0.25, 0.3) is 5.69 Å². The molecular weight excluding hydrogens is 234 g/mol. The van der Waals surface area contributed by atoms with E-state index < -0.39 is 4.92 Å². The first kappa shape index (κ1) is 13.7. The Morgan fingerprint density at radius 1 is 1.56 bits per heavy atom. The second-order valence-electron chi connectivity index (χ2n) is 3.70. The van der Waals surface area contributed by atoms with Crippen LogP contribution in [0.5, 0.6) is 0 Å². The first-order chi connectivity index (χ1) is 8.54. The standard InChI is InChI=1S/C12H15N3O3/c1-3-6-13-12(16)8-14-11-7-10(15(17)18)5-4-9(11)2/h3-5,7,14H,1,6,8H2,2H3,(H,13,16). The summed E-state index contributed by atoms with van der Waals surface area (Å²) in [6.45, 7) is 5.76. The molecule has 2 N–H and O–H groups in total. The fourth-order valence-electron chi connectivity index (χ4n) is 1.34. The van der Waals surface area contributed by atoms with Crippen molar-refractivity contribution in [2.45, 2.75) is 6.92 Å². The van der Waals surface area contributed by atoms with Gasteiger partial charge in [0.2, 0.25) is 5.91 Å². The van der Waals surface area contributed by atoms with Crippen molar-refractivity contribution in [2.75, 3.05) is 18.4 Å². The molecule has 0 spiro atoms. The summed E-state index contributed by atoms with van der Waals surface area (Å²) in [7, 11) is 0. The number of benzene rings is 1. The lowest BCUT2D eigenvalue weighted by atomic mass is 10.2. The second-order valence-corrected chi connectivity index (χ2v) is 3.70. The summed E-state index contributed by atoms with van der Waals surface area (Å²) in [5.41, 5.74) is 1.42. The van der Waals surface area contributed by atoms with E-state index in [0.717, 1.165) is 5.56 Å². The molecule has 1 rings (SSSR count). The summed E-state index contributed by atoms with van der Waals surface area (Å²) in [6.07, 6.45) is 1.58. The number of carbonyl (C=O) groups is 1. The van der Waals surface area contributed by atoms with Crippen LogP contribution >= 0.6 is 0 Å². The molecule has 0 bridgehead atoms. The number of hydrogen-bond acceptors (Lipinski definition) is 4. The van der Waals surface area contributed by atoms with Crippen molar-refractivity contribution in [2.24, 2.45) is 0 Å². The molecule has 0 unspecified atom stereocenters. The minimum absolute atomic E-state index is 0.00500.